The van der Waals surface area contributed by atoms with Crippen molar-refractivity contribution in [3.8, 4) is 0 Å². The lowest BCUT2D eigenvalue weighted by Gasteiger charge is -2.10. The lowest BCUT2D eigenvalue weighted by atomic mass is 10.2. The molecule has 0 radical (unpaired) electrons. The van der Waals surface area contributed by atoms with Crippen molar-refractivity contribution in [3.05, 3.63) is 59.9 Å². The number of carbonyl (C=O) groups is 2. The highest BCUT2D eigenvalue weighted by atomic mass is 16.2. The number of likely N-dealkylation sites (N-methyl/N-ethyl adjacent to an activating group) is 1. The Morgan fingerprint density at radius 3 is 2.48 bits per heavy atom. The van der Waals surface area contributed by atoms with Crippen LogP contribution in [0.15, 0.2) is 48.5 Å². The fourth-order valence-corrected chi connectivity index (χ4v) is 2.65. The maximum absolute atomic E-state index is 12.5. The fourth-order valence-electron chi connectivity index (χ4n) is 2.65. The van der Waals surface area contributed by atoms with E-state index in [1.807, 2.05) is 55.5 Å². The van der Waals surface area contributed by atoms with Crippen LogP contribution in [0.25, 0.3) is 11.0 Å². The molecule has 6 nitrogen and oxygen atoms in total. The minimum Gasteiger partial charge on any atom is -0.359 e. The van der Waals surface area contributed by atoms with Crippen LogP contribution >= 0.6 is 0 Å². The largest absolute Gasteiger partial charge is 0.359 e. The van der Waals surface area contributed by atoms with E-state index in [1.165, 1.54) is 0 Å². The Morgan fingerprint density at radius 1 is 1.04 bits per heavy atom. The Bertz CT molecular complexity index is 913. The summed E-state index contributed by atoms with van der Waals surface area (Å²) in [5.41, 5.74) is 3.48. The van der Waals surface area contributed by atoms with Crippen molar-refractivity contribution in [1.82, 2.24) is 14.9 Å². The second kappa shape index (κ2) is 7.17. The number of hydrogen-bond acceptors (Lipinski definition) is 3. The van der Waals surface area contributed by atoms with E-state index < -0.39 is 0 Å². The van der Waals surface area contributed by atoms with Crippen molar-refractivity contribution in [3.63, 3.8) is 0 Å². The first-order valence-electron chi connectivity index (χ1n) is 8.08. The normalized spacial score (nSPS) is 10.6. The van der Waals surface area contributed by atoms with Crippen molar-refractivity contribution < 1.29 is 9.59 Å². The lowest BCUT2D eigenvalue weighted by Crippen LogP contribution is -2.24. The molecule has 0 aliphatic rings. The SMILES string of the molecule is CNC(=O)Cc1nc2ccccc2n1CC(=O)Nc1ccc(C)cc1. The maximum atomic E-state index is 12.5. The summed E-state index contributed by atoms with van der Waals surface area (Å²) in [6.07, 6.45) is 0.128. The standard InChI is InChI=1S/C19H20N4O2/c1-13-7-9-14(10-8-13)21-19(25)12-23-16-6-4-3-5-15(16)22-17(23)11-18(24)20-2/h3-10H,11-12H2,1-2H3,(H,20,24)(H,21,25). The monoisotopic (exact) mass is 336 g/mol. The summed E-state index contributed by atoms with van der Waals surface area (Å²) in [4.78, 5) is 28.7. The number of imidazole rings is 1. The number of hydrogen-bond donors (Lipinski definition) is 2. The van der Waals surface area contributed by atoms with Crippen LogP contribution in [0.4, 0.5) is 5.69 Å². The van der Waals surface area contributed by atoms with Gasteiger partial charge in [-0.2, -0.15) is 0 Å². The summed E-state index contributed by atoms with van der Waals surface area (Å²) in [5, 5.41) is 5.47. The van der Waals surface area contributed by atoms with Gasteiger partial charge in [-0.3, -0.25) is 9.59 Å². The molecule has 2 amide bonds. The summed E-state index contributed by atoms with van der Waals surface area (Å²) in [5.74, 6) is 0.264. The Balaban J connectivity index is 1.85. The third-order valence-electron chi connectivity index (χ3n) is 3.97. The van der Waals surface area contributed by atoms with Gasteiger partial charge >= 0.3 is 0 Å². The second-order valence-corrected chi connectivity index (χ2v) is 5.87. The van der Waals surface area contributed by atoms with Gasteiger partial charge in [-0.1, -0.05) is 29.8 Å². The zero-order valence-electron chi connectivity index (χ0n) is 14.2. The number of fused-ring (bicyclic) bond motifs is 1. The molecule has 0 atom stereocenters. The minimum absolute atomic E-state index is 0.0979. The number of para-hydroxylation sites is 2. The van der Waals surface area contributed by atoms with Gasteiger partial charge in [0.25, 0.3) is 0 Å². The van der Waals surface area contributed by atoms with Crippen LogP contribution in [0.3, 0.4) is 0 Å². The van der Waals surface area contributed by atoms with E-state index in [4.69, 9.17) is 0 Å². The first-order valence-corrected chi connectivity index (χ1v) is 8.08. The molecule has 25 heavy (non-hydrogen) atoms. The third kappa shape index (κ3) is 3.85. The quantitative estimate of drug-likeness (QED) is 0.750. The summed E-state index contributed by atoms with van der Waals surface area (Å²) in [7, 11) is 1.58. The fraction of sp³-hybridized carbons (Fsp3) is 0.211. The molecule has 3 rings (SSSR count). The Morgan fingerprint density at radius 2 is 1.76 bits per heavy atom. The van der Waals surface area contributed by atoms with Crippen LogP contribution in [-0.4, -0.2) is 28.4 Å². The van der Waals surface area contributed by atoms with Gasteiger partial charge in [-0.05, 0) is 31.2 Å². The lowest BCUT2D eigenvalue weighted by molar-refractivity contribution is -0.120. The van der Waals surface area contributed by atoms with Gasteiger partial charge < -0.3 is 15.2 Å². The van der Waals surface area contributed by atoms with E-state index in [2.05, 4.69) is 15.6 Å². The second-order valence-electron chi connectivity index (χ2n) is 5.87. The average Bonchev–Trinajstić information content (AvgIpc) is 2.94. The molecule has 3 aromatic rings. The van der Waals surface area contributed by atoms with Gasteiger partial charge in [0.2, 0.25) is 11.8 Å². The molecule has 0 spiro atoms. The van der Waals surface area contributed by atoms with Gasteiger partial charge in [0.1, 0.15) is 12.4 Å². The molecular formula is C19H20N4O2. The van der Waals surface area contributed by atoms with Crippen molar-refractivity contribution >= 4 is 28.5 Å². The van der Waals surface area contributed by atoms with Gasteiger partial charge in [-0.25, -0.2) is 4.98 Å². The number of carbonyl (C=O) groups excluding carboxylic acids is 2. The molecule has 0 bridgehead atoms. The van der Waals surface area contributed by atoms with E-state index in [0.29, 0.717) is 5.82 Å². The molecule has 0 fully saturated rings. The number of anilines is 1. The van der Waals surface area contributed by atoms with Crippen LogP contribution in [0.1, 0.15) is 11.4 Å². The number of benzene rings is 2. The van der Waals surface area contributed by atoms with E-state index in [-0.39, 0.29) is 24.8 Å². The van der Waals surface area contributed by atoms with E-state index in [9.17, 15) is 9.59 Å². The Labute approximate surface area is 145 Å². The molecule has 6 heteroatoms. The predicted molar refractivity (Wildman–Crippen MR) is 97.3 cm³/mol. The number of aromatic nitrogens is 2. The molecule has 0 saturated heterocycles. The topological polar surface area (TPSA) is 76.0 Å². The highest BCUT2D eigenvalue weighted by Crippen LogP contribution is 2.17. The molecule has 2 N–H and O–H groups in total. The summed E-state index contributed by atoms with van der Waals surface area (Å²) in [6, 6.07) is 15.2. The van der Waals surface area contributed by atoms with Gasteiger partial charge in [-0.15, -0.1) is 0 Å². The van der Waals surface area contributed by atoms with Gasteiger partial charge in [0.15, 0.2) is 0 Å². The van der Waals surface area contributed by atoms with Crippen LogP contribution in [0.5, 0.6) is 0 Å². The first-order chi connectivity index (χ1) is 12.1. The van der Waals surface area contributed by atoms with Crippen LogP contribution in [-0.2, 0) is 22.6 Å². The van der Waals surface area contributed by atoms with Crippen molar-refractivity contribution in [2.75, 3.05) is 12.4 Å². The molecule has 0 unspecified atom stereocenters. The minimum atomic E-state index is -0.162. The van der Waals surface area contributed by atoms with Crippen LogP contribution in [0.2, 0.25) is 0 Å². The smallest absolute Gasteiger partial charge is 0.244 e. The molecule has 128 valence electrons. The summed E-state index contributed by atoms with van der Waals surface area (Å²) in [6.45, 7) is 2.09. The van der Waals surface area contributed by atoms with Crippen molar-refractivity contribution in [2.45, 2.75) is 19.9 Å². The first kappa shape index (κ1) is 16.7. The predicted octanol–water partition coefficient (Wildman–Crippen LogP) is 2.27. The molecule has 1 heterocycles. The molecule has 2 aromatic carbocycles. The number of nitrogens with one attached hydrogen (secondary N) is 2. The third-order valence-corrected chi connectivity index (χ3v) is 3.97. The molecule has 0 saturated carbocycles. The number of aryl methyl sites for hydroxylation is 1. The van der Waals surface area contributed by atoms with E-state index >= 15 is 0 Å². The number of amides is 2. The van der Waals surface area contributed by atoms with Gasteiger partial charge in [0.05, 0.1) is 17.5 Å². The van der Waals surface area contributed by atoms with E-state index in [1.54, 1.807) is 11.6 Å². The Kier molecular flexibility index (Phi) is 4.79. The molecule has 0 aliphatic carbocycles. The highest BCUT2D eigenvalue weighted by Gasteiger charge is 2.15. The van der Waals surface area contributed by atoms with E-state index in [0.717, 1.165) is 22.3 Å². The molecule has 0 aliphatic heterocycles. The van der Waals surface area contributed by atoms with Crippen LogP contribution in [0, 0.1) is 6.92 Å². The average molecular weight is 336 g/mol. The summed E-state index contributed by atoms with van der Waals surface area (Å²) >= 11 is 0. The maximum Gasteiger partial charge on any atom is 0.244 e. The molecule has 1 aromatic heterocycles. The number of nitrogens with zero attached hydrogens (tertiary/aromatic N) is 2. The van der Waals surface area contributed by atoms with Crippen molar-refractivity contribution in [1.29, 1.82) is 0 Å². The van der Waals surface area contributed by atoms with Crippen molar-refractivity contribution in [2.24, 2.45) is 0 Å². The Hall–Kier alpha value is -3.15. The summed E-state index contributed by atoms with van der Waals surface area (Å²) < 4.78 is 1.79. The van der Waals surface area contributed by atoms with Crippen LogP contribution < -0.4 is 10.6 Å². The van der Waals surface area contributed by atoms with Gasteiger partial charge in [0, 0.05) is 12.7 Å². The number of rotatable bonds is 5. The highest BCUT2D eigenvalue weighted by molar-refractivity contribution is 5.92. The molecular weight excluding hydrogens is 316 g/mol. The zero-order valence-corrected chi connectivity index (χ0v) is 14.2. The zero-order chi connectivity index (χ0) is 17.8.